The molecule has 1 rings (SSSR count). The van der Waals surface area contributed by atoms with Crippen LogP contribution < -0.4 is 5.32 Å². The Morgan fingerprint density at radius 1 is 1.39 bits per heavy atom. The number of hydrogen-bond donors (Lipinski definition) is 1. The number of carbonyl (C=O) groups excluding carboxylic acids is 1. The quantitative estimate of drug-likeness (QED) is 0.840. The molecule has 0 aliphatic carbocycles. The second-order valence-corrected chi connectivity index (χ2v) is 5.36. The van der Waals surface area contributed by atoms with Crippen molar-refractivity contribution >= 4 is 11.7 Å². The zero-order valence-electron chi connectivity index (χ0n) is 11.5. The third kappa shape index (κ3) is 4.35. The Morgan fingerprint density at radius 2 is 2.00 bits per heavy atom. The van der Waals surface area contributed by atoms with Crippen LogP contribution in [-0.4, -0.2) is 17.6 Å². The summed E-state index contributed by atoms with van der Waals surface area (Å²) >= 11 is 0. The first-order valence-corrected chi connectivity index (χ1v) is 5.94. The summed E-state index contributed by atoms with van der Waals surface area (Å²) in [6.45, 7) is 8.85. The molecule has 0 aliphatic heterocycles. The van der Waals surface area contributed by atoms with Gasteiger partial charge in [-0.15, -0.1) is 0 Å². The summed E-state index contributed by atoms with van der Waals surface area (Å²) in [5.41, 5.74) is 0.731. The van der Waals surface area contributed by atoms with Crippen molar-refractivity contribution in [3.63, 3.8) is 0 Å². The SMILES string of the molecule is Cc1cc(NC(C)C(=O)OC(C)(C)C)ccc1F. The van der Waals surface area contributed by atoms with Gasteiger partial charge in [0.1, 0.15) is 17.5 Å². The number of benzene rings is 1. The fourth-order valence-corrected chi connectivity index (χ4v) is 1.43. The van der Waals surface area contributed by atoms with Gasteiger partial charge in [0.05, 0.1) is 0 Å². The molecule has 1 aromatic rings. The number of halogens is 1. The standard InChI is InChI=1S/C14H20FNO2/c1-9-8-11(6-7-12(9)15)16-10(2)13(17)18-14(3,4)5/h6-8,10,16H,1-5H3. The number of rotatable bonds is 3. The van der Waals surface area contributed by atoms with Crippen LogP contribution >= 0.6 is 0 Å². The average molecular weight is 253 g/mol. The zero-order chi connectivity index (χ0) is 13.9. The van der Waals surface area contributed by atoms with E-state index in [0.717, 1.165) is 0 Å². The van der Waals surface area contributed by atoms with E-state index in [9.17, 15) is 9.18 Å². The molecule has 0 saturated heterocycles. The minimum atomic E-state index is -0.508. The van der Waals surface area contributed by atoms with Gasteiger partial charge in [-0.2, -0.15) is 0 Å². The van der Waals surface area contributed by atoms with Gasteiger partial charge in [0, 0.05) is 5.69 Å². The highest BCUT2D eigenvalue weighted by Gasteiger charge is 2.21. The molecule has 0 amide bonds. The molecule has 0 fully saturated rings. The molecule has 1 N–H and O–H groups in total. The predicted octanol–water partition coefficient (Wildman–Crippen LogP) is 3.28. The van der Waals surface area contributed by atoms with Crippen LogP contribution in [0.25, 0.3) is 0 Å². The summed E-state index contributed by atoms with van der Waals surface area (Å²) in [7, 11) is 0. The van der Waals surface area contributed by atoms with E-state index in [1.165, 1.54) is 6.07 Å². The lowest BCUT2D eigenvalue weighted by Crippen LogP contribution is -2.34. The first-order chi connectivity index (χ1) is 8.19. The van der Waals surface area contributed by atoms with Crippen LogP contribution in [-0.2, 0) is 9.53 Å². The van der Waals surface area contributed by atoms with Crippen LogP contribution in [0.3, 0.4) is 0 Å². The van der Waals surface area contributed by atoms with E-state index in [4.69, 9.17) is 4.74 Å². The van der Waals surface area contributed by atoms with Crippen LogP contribution in [0.2, 0.25) is 0 Å². The first-order valence-electron chi connectivity index (χ1n) is 5.94. The predicted molar refractivity (Wildman–Crippen MR) is 70.1 cm³/mol. The van der Waals surface area contributed by atoms with Gasteiger partial charge in [-0.3, -0.25) is 0 Å². The van der Waals surface area contributed by atoms with E-state index in [1.54, 1.807) is 26.0 Å². The van der Waals surface area contributed by atoms with Gasteiger partial charge >= 0.3 is 5.97 Å². The summed E-state index contributed by atoms with van der Waals surface area (Å²) in [6.07, 6.45) is 0. The number of hydrogen-bond acceptors (Lipinski definition) is 3. The normalized spacial score (nSPS) is 13.0. The van der Waals surface area contributed by atoms with E-state index in [2.05, 4.69) is 5.32 Å². The molecule has 3 nitrogen and oxygen atoms in total. The van der Waals surface area contributed by atoms with E-state index >= 15 is 0 Å². The molecule has 4 heteroatoms. The van der Waals surface area contributed by atoms with Crippen molar-refractivity contribution < 1.29 is 13.9 Å². The summed E-state index contributed by atoms with van der Waals surface area (Å²) in [5, 5.41) is 2.99. The highest BCUT2D eigenvalue weighted by Crippen LogP contribution is 2.16. The van der Waals surface area contributed by atoms with Gasteiger partial charge in [-0.05, 0) is 58.4 Å². The fraction of sp³-hybridized carbons (Fsp3) is 0.500. The van der Waals surface area contributed by atoms with Crippen molar-refractivity contribution in [2.45, 2.75) is 46.3 Å². The molecule has 18 heavy (non-hydrogen) atoms. The maximum absolute atomic E-state index is 13.1. The maximum atomic E-state index is 13.1. The van der Waals surface area contributed by atoms with Crippen molar-refractivity contribution in [1.29, 1.82) is 0 Å². The largest absolute Gasteiger partial charge is 0.458 e. The van der Waals surface area contributed by atoms with Crippen LogP contribution in [0.1, 0.15) is 33.3 Å². The second-order valence-electron chi connectivity index (χ2n) is 5.36. The number of nitrogens with one attached hydrogen (secondary N) is 1. The van der Waals surface area contributed by atoms with Crippen molar-refractivity contribution in [1.82, 2.24) is 0 Å². The smallest absolute Gasteiger partial charge is 0.328 e. The molecule has 0 aromatic heterocycles. The Morgan fingerprint density at radius 3 is 2.50 bits per heavy atom. The highest BCUT2D eigenvalue weighted by atomic mass is 19.1. The monoisotopic (exact) mass is 253 g/mol. The Kier molecular flexibility index (Phi) is 4.33. The van der Waals surface area contributed by atoms with Gasteiger partial charge in [0.2, 0.25) is 0 Å². The minimum Gasteiger partial charge on any atom is -0.458 e. The van der Waals surface area contributed by atoms with E-state index in [1.807, 2.05) is 20.8 Å². The average Bonchev–Trinajstić information content (AvgIpc) is 2.21. The molecule has 0 heterocycles. The van der Waals surface area contributed by atoms with Crippen molar-refractivity contribution in [2.75, 3.05) is 5.32 Å². The molecule has 0 saturated carbocycles. The molecular formula is C14H20FNO2. The van der Waals surface area contributed by atoms with E-state index in [0.29, 0.717) is 11.3 Å². The maximum Gasteiger partial charge on any atom is 0.328 e. The summed E-state index contributed by atoms with van der Waals surface area (Å²) in [4.78, 5) is 11.8. The molecule has 0 aliphatic rings. The van der Waals surface area contributed by atoms with E-state index in [-0.39, 0.29) is 11.8 Å². The Balaban J connectivity index is 2.66. The lowest BCUT2D eigenvalue weighted by Gasteiger charge is -2.23. The molecule has 1 unspecified atom stereocenters. The highest BCUT2D eigenvalue weighted by molar-refractivity contribution is 5.79. The lowest BCUT2D eigenvalue weighted by molar-refractivity contribution is -0.155. The van der Waals surface area contributed by atoms with Gasteiger partial charge < -0.3 is 10.1 Å². The van der Waals surface area contributed by atoms with Gasteiger partial charge in [0.25, 0.3) is 0 Å². The fourth-order valence-electron chi connectivity index (χ4n) is 1.43. The minimum absolute atomic E-state index is 0.259. The Hall–Kier alpha value is -1.58. The molecule has 100 valence electrons. The Bertz CT molecular complexity index is 438. The van der Waals surface area contributed by atoms with Crippen molar-refractivity contribution in [3.8, 4) is 0 Å². The van der Waals surface area contributed by atoms with Crippen molar-refractivity contribution in [3.05, 3.63) is 29.6 Å². The van der Waals surface area contributed by atoms with Gasteiger partial charge in [-0.25, -0.2) is 9.18 Å². The second kappa shape index (κ2) is 5.38. The third-order valence-electron chi connectivity index (χ3n) is 2.30. The van der Waals surface area contributed by atoms with Crippen LogP contribution in [0.5, 0.6) is 0 Å². The summed E-state index contributed by atoms with van der Waals surface area (Å²) < 4.78 is 18.3. The van der Waals surface area contributed by atoms with Gasteiger partial charge in [0.15, 0.2) is 0 Å². The number of ether oxygens (including phenoxy) is 1. The summed E-state index contributed by atoms with van der Waals surface area (Å²) in [6, 6.07) is 4.16. The molecule has 1 aromatic carbocycles. The molecular weight excluding hydrogens is 233 g/mol. The molecule has 0 spiro atoms. The topological polar surface area (TPSA) is 38.3 Å². The Labute approximate surface area is 107 Å². The number of esters is 1. The number of carbonyl (C=O) groups is 1. The van der Waals surface area contributed by atoms with Crippen LogP contribution in [0.4, 0.5) is 10.1 Å². The summed E-state index contributed by atoms with van der Waals surface area (Å²) in [5.74, 6) is -0.588. The van der Waals surface area contributed by atoms with Crippen LogP contribution in [0.15, 0.2) is 18.2 Å². The number of aryl methyl sites for hydroxylation is 1. The van der Waals surface area contributed by atoms with Crippen molar-refractivity contribution in [2.24, 2.45) is 0 Å². The molecule has 0 radical (unpaired) electrons. The first kappa shape index (κ1) is 14.5. The van der Waals surface area contributed by atoms with E-state index < -0.39 is 11.6 Å². The third-order valence-corrected chi connectivity index (χ3v) is 2.30. The zero-order valence-corrected chi connectivity index (χ0v) is 11.5. The number of anilines is 1. The molecule has 1 atom stereocenters. The van der Waals surface area contributed by atoms with Gasteiger partial charge in [-0.1, -0.05) is 0 Å². The molecule has 0 bridgehead atoms. The van der Waals surface area contributed by atoms with Crippen LogP contribution in [0, 0.1) is 12.7 Å². The lowest BCUT2D eigenvalue weighted by atomic mass is 10.2.